The molecule has 0 spiro atoms. The molecule has 0 saturated heterocycles. The minimum absolute atomic E-state index is 0.0633. The van der Waals surface area contributed by atoms with E-state index in [9.17, 15) is 18.0 Å². The van der Waals surface area contributed by atoms with Crippen LogP contribution in [0.25, 0.3) is 0 Å². The van der Waals surface area contributed by atoms with Crippen molar-refractivity contribution in [1.29, 1.82) is 0 Å². The number of ketones is 1. The number of carbonyl (C=O) groups is 1. The second-order valence-electron chi connectivity index (χ2n) is 7.04. The topological polar surface area (TPSA) is 99.7 Å². The molecule has 3 heterocycles. The summed E-state index contributed by atoms with van der Waals surface area (Å²) in [5, 5.41) is -0.0440. The van der Waals surface area contributed by atoms with E-state index in [1.165, 1.54) is 30.1 Å². The van der Waals surface area contributed by atoms with E-state index in [0.717, 1.165) is 0 Å². The summed E-state index contributed by atoms with van der Waals surface area (Å²) < 4.78 is 46.1. The van der Waals surface area contributed by atoms with Gasteiger partial charge >= 0.3 is 6.61 Å². The van der Waals surface area contributed by atoms with Crippen LogP contribution in [0.2, 0.25) is 0 Å². The monoisotopic (exact) mass is 454 g/mol. The normalized spacial score (nSPS) is 21.1. The number of aliphatic imine (C=N–C) groups is 1. The number of aromatic nitrogens is 2. The van der Waals surface area contributed by atoms with Crippen molar-refractivity contribution in [1.82, 2.24) is 9.97 Å². The lowest BCUT2D eigenvalue weighted by Gasteiger charge is -2.33. The number of thioether (sulfide) groups is 1. The van der Waals surface area contributed by atoms with Gasteiger partial charge < -0.3 is 15.2 Å². The quantitative estimate of drug-likeness (QED) is 0.579. The molecule has 0 aliphatic carbocycles. The number of pyridine rings is 2. The minimum Gasteiger partial charge on any atom is -0.461 e. The number of hydrogen-bond acceptors (Lipinski definition) is 8. The Morgan fingerprint density at radius 1 is 1.35 bits per heavy atom. The number of hydrogen-bond donors (Lipinski definition) is 1. The van der Waals surface area contributed by atoms with Gasteiger partial charge in [0.15, 0.2) is 11.0 Å². The van der Waals surface area contributed by atoms with Gasteiger partial charge in [-0.2, -0.15) is 8.78 Å². The third kappa shape index (κ3) is 6.17. The molecule has 2 aromatic rings. The summed E-state index contributed by atoms with van der Waals surface area (Å²) >= 11 is 1.19. The Hall–Kier alpha value is -2.66. The second-order valence-corrected chi connectivity index (χ2v) is 8.36. The van der Waals surface area contributed by atoms with Crippen molar-refractivity contribution in [3.05, 3.63) is 53.6 Å². The Balaban J connectivity index is 1.74. The molecule has 7 nitrogen and oxygen atoms in total. The molecule has 0 fully saturated rings. The van der Waals surface area contributed by atoms with E-state index < -0.39 is 19.0 Å². The first-order valence-electron chi connectivity index (χ1n) is 9.34. The summed E-state index contributed by atoms with van der Waals surface area (Å²) in [5.41, 5.74) is 6.56. The number of nitrogens with zero attached hydrogens (tertiary/aromatic N) is 3. The first-order chi connectivity index (χ1) is 14.8. The largest absolute Gasteiger partial charge is 0.461 e. The molecule has 2 N–H and O–H groups in total. The Morgan fingerprint density at radius 3 is 2.84 bits per heavy atom. The molecule has 3 rings (SSSR count). The van der Waals surface area contributed by atoms with E-state index >= 15 is 0 Å². The summed E-state index contributed by atoms with van der Waals surface area (Å²) in [6.45, 7) is -2.19. The van der Waals surface area contributed by atoms with Crippen LogP contribution in [-0.4, -0.2) is 46.2 Å². The highest BCUT2D eigenvalue weighted by Gasteiger charge is 2.36. The maximum absolute atomic E-state index is 12.6. The van der Waals surface area contributed by atoms with E-state index in [-0.39, 0.29) is 40.7 Å². The number of carbonyl (C=O) groups excluding carboxylic acids is 1. The van der Waals surface area contributed by atoms with Crippen molar-refractivity contribution in [2.45, 2.75) is 37.2 Å². The van der Waals surface area contributed by atoms with Crippen molar-refractivity contribution in [3.63, 3.8) is 0 Å². The van der Waals surface area contributed by atoms with Crippen molar-refractivity contribution >= 4 is 22.7 Å². The van der Waals surface area contributed by atoms with Gasteiger partial charge in [0, 0.05) is 17.9 Å². The number of Topliss-reactive ketones (excluding diaryl/α,β-unsaturated/α-hetero) is 1. The molecule has 0 amide bonds. The number of halogens is 3. The molecule has 0 saturated carbocycles. The molecule has 1 aliphatic rings. The fourth-order valence-corrected chi connectivity index (χ4v) is 4.40. The summed E-state index contributed by atoms with van der Waals surface area (Å²) in [6, 6.07) is 6.38. The van der Waals surface area contributed by atoms with Crippen LogP contribution in [0.5, 0.6) is 5.75 Å². The van der Waals surface area contributed by atoms with E-state index in [1.807, 2.05) is 6.92 Å². The Morgan fingerprint density at radius 2 is 2.16 bits per heavy atom. The van der Waals surface area contributed by atoms with Gasteiger partial charge in [-0.3, -0.25) is 9.78 Å². The van der Waals surface area contributed by atoms with Crippen LogP contribution in [0.15, 0.2) is 41.7 Å². The highest BCUT2D eigenvalue weighted by molar-refractivity contribution is 8.14. The van der Waals surface area contributed by atoms with Crippen LogP contribution in [0.4, 0.5) is 13.2 Å². The SMILES string of the molecule is C[C@@]1(c2cc(CC(=O)c3ccc(OCF)cn3)ccn2)C[C@@H](COC(F)F)SC(N)=N1. The Kier molecular flexibility index (Phi) is 7.50. The number of alkyl halides is 3. The zero-order chi connectivity index (χ0) is 22.4. The molecule has 1 aliphatic heterocycles. The zero-order valence-electron chi connectivity index (χ0n) is 16.6. The number of nitrogens with two attached hydrogens (primary N) is 1. The summed E-state index contributed by atoms with van der Waals surface area (Å²) in [6.07, 6.45) is 3.30. The average molecular weight is 454 g/mol. The average Bonchev–Trinajstić information content (AvgIpc) is 2.73. The predicted octanol–water partition coefficient (Wildman–Crippen LogP) is 3.48. The van der Waals surface area contributed by atoms with Crippen LogP contribution >= 0.6 is 11.8 Å². The fourth-order valence-electron chi connectivity index (χ4n) is 3.25. The molecule has 0 radical (unpaired) electrons. The molecule has 2 atom stereocenters. The van der Waals surface area contributed by atoms with Crippen molar-refractivity contribution in [3.8, 4) is 5.75 Å². The number of amidine groups is 1. The summed E-state index contributed by atoms with van der Waals surface area (Å²) in [5.74, 6) is -0.00584. The van der Waals surface area contributed by atoms with Crippen molar-refractivity contribution in [2.75, 3.05) is 13.5 Å². The summed E-state index contributed by atoms with van der Waals surface area (Å²) in [7, 11) is 0. The van der Waals surface area contributed by atoms with Gasteiger partial charge in [-0.1, -0.05) is 11.8 Å². The standard InChI is InChI=1S/C20H21F3N4O3S/c1-20(8-14(10-29-18(22)23)31-19(24)27-20)17-7-12(4-5-25-17)6-16(28)15-3-2-13(9-26-15)30-11-21/h2-5,7,9,14,18H,6,8,10-11H2,1H3,(H2,24,27)/t14-,20-/m0/s1. The molecule has 11 heteroatoms. The van der Waals surface area contributed by atoms with Gasteiger partial charge in [0.1, 0.15) is 17.0 Å². The molecule has 31 heavy (non-hydrogen) atoms. The van der Waals surface area contributed by atoms with Gasteiger partial charge in [0.2, 0.25) is 6.86 Å². The maximum Gasteiger partial charge on any atom is 0.345 e. The number of ether oxygens (including phenoxy) is 2. The van der Waals surface area contributed by atoms with Gasteiger partial charge in [-0.05, 0) is 43.2 Å². The highest BCUT2D eigenvalue weighted by Crippen LogP contribution is 2.38. The molecular formula is C20H21F3N4O3S. The second kappa shape index (κ2) is 10.1. The zero-order valence-corrected chi connectivity index (χ0v) is 17.4. The van der Waals surface area contributed by atoms with Gasteiger partial charge in [-0.15, -0.1) is 0 Å². The molecule has 0 unspecified atom stereocenters. The lowest BCUT2D eigenvalue weighted by Crippen LogP contribution is -2.36. The van der Waals surface area contributed by atoms with Crippen molar-refractivity contribution < 1.29 is 27.4 Å². The highest BCUT2D eigenvalue weighted by atomic mass is 32.2. The third-order valence-electron chi connectivity index (χ3n) is 4.66. The molecule has 166 valence electrons. The third-order valence-corrected chi connectivity index (χ3v) is 5.63. The first kappa shape index (κ1) is 23.0. The lowest BCUT2D eigenvalue weighted by molar-refractivity contribution is -0.128. The fraction of sp³-hybridized carbons (Fsp3) is 0.400. The number of rotatable bonds is 9. The van der Waals surface area contributed by atoms with Crippen molar-refractivity contribution in [2.24, 2.45) is 10.7 Å². The van der Waals surface area contributed by atoms with Crippen LogP contribution in [-0.2, 0) is 16.7 Å². The first-order valence-corrected chi connectivity index (χ1v) is 10.2. The van der Waals surface area contributed by atoms with Crippen LogP contribution in [0.3, 0.4) is 0 Å². The smallest absolute Gasteiger partial charge is 0.345 e. The predicted molar refractivity (Wildman–Crippen MR) is 110 cm³/mol. The van der Waals surface area contributed by atoms with E-state index in [4.69, 9.17) is 5.73 Å². The van der Waals surface area contributed by atoms with Gasteiger partial charge in [0.25, 0.3) is 0 Å². The van der Waals surface area contributed by atoms with E-state index in [0.29, 0.717) is 17.7 Å². The molecule has 0 aromatic carbocycles. The van der Waals surface area contributed by atoms with Gasteiger partial charge in [0.05, 0.1) is 18.5 Å². The van der Waals surface area contributed by atoms with E-state index in [1.54, 1.807) is 18.3 Å². The van der Waals surface area contributed by atoms with E-state index in [2.05, 4.69) is 24.4 Å². The Labute approximate surface area is 181 Å². The Bertz CT molecular complexity index is 946. The lowest BCUT2D eigenvalue weighted by atomic mass is 9.90. The summed E-state index contributed by atoms with van der Waals surface area (Å²) in [4.78, 5) is 25.4. The minimum atomic E-state index is -2.86. The maximum atomic E-state index is 12.6. The molecule has 0 bridgehead atoms. The molecular weight excluding hydrogens is 433 g/mol. The van der Waals surface area contributed by atoms with Gasteiger partial charge in [-0.25, -0.2) is 14.4 Å². The van der Waals surface area contributed by atoms with Crippen LogP contribution < -0.4 is 10.5 Å². The molecule has 2 aromatic heterocycles. The van der Waals surface area contributed by atoms with Crippen LogP contribution in [0.1, 0.15) is 35.1 Å². The van der Waals surface area contributed by atoms with Crippen LogP contribution in [0, 0.1) is 0 Å².